The number of benzene rings is 1. The molecule has 10 heteroatoms. The van der Waals surface area contributed by atoms with Crippen LogP contribution in [0.25, 0.3) is 0 Å². The molecule has 0 spiro atoms. The van der Waals surface area contributed by atoms with Gasteiger partial charge in [-0.25, -0.2) is 4.79 Å². The van der Waals surface area contributed by atoms with Gasteiger partial charge in [0.05, 0.1) is 23.1 Å². The van der Waals surface area contributed by atoms with E-state index in [4.69, 9.17) is 21.7 Å². The van der Waals surface area contributed by atoms with Crippen molar-refractivity contribution in [1.29, 1.82) is 0 Å². The highest BCUT2D eigenvalue weighted by Gasteiger charge is 2.34. The number of nitrogens with one attached hydrogen (secondary N) is 1. The van der Waals surface area contributed by atoms with Gasteiger partial charge in [0.25, 0.3) is 0 Å². The van der Waals surface area contributed by atoms with E-state index in [1.165, 1.54) is 25.3 Å². The van der Waals surface area contributed by atoms with Gasteiger partial charge < -0.3 is 24.8 Å². The van der Waals surface area contributed by atoms with Crippen LogP contribution in [0.3, 0.4) is 0 Å². The Morgan fingerprint density at radius 2 is 2.15 bits per heavy atom. The number of phenolic OH excluding ortho intramolecular Hbond substituents is 1. The third-order valence-electron chi connectivity index (χ3n) is 4.02. The van der Waals surface area contributed by atoms with Crippen LogP contribution in [0.5, 0.6) is 5.75 Å². The summed E-state index contributed by atoms with van der Waals surface area (Å²) < 4.78 is 10.1. The van der Waals surface area contributed by atoms with Crippen molar-refractivity contribution in [1.82, 2.24) is 10.2 Å². The fraction of sp³-hybridized carbons (Fsp3) is 0.375. The molecule has 0 radical (unpaired) electrons. The number of thiocarbonyl (C=S) groups is 1. The highest BCUT2D eigenvalue weighted by molar-refractivity contribution is 7.80. The van der Waals surface area contributed by atoms with Crippen molar-refractivity contribution in [3.63, 3.8) is 0 Å². The van der Waals surface area contributed by atoms with E-state index in [1.54, 1.807) is 18.9 Å². The van der Waals surface area contributed by atoms with E-state index in [0.29, 0.717) is 16.4 Å². The van der Waals surface area contributed by atoms with E-state index in [1.807, 2.05) is 0 Å². The number of ether oxygens (including phenoxy) is 2. The van der Waals surface area contributed by atoms with Gasteiger partial charge in [-0.05, 0) is 30.8 Å². The second-order valence-corrected chi connectivity index (χ2v) is 5.96. The summed E-state index contributed by atoms with van der Waals surface area (Å²) in [6.07, 6.45) is 0. The lowest BCUT2D eigenvalue weighted by Crippen LogP contribution is -2.46. The standard InChI is InChI=1S/C16H19N3O6S/c1-9-13(15(21)25-7-6-24-3)14(17-16(26)18(9)2)10-4-5-12(20)11(8-10)19(22)23/h4-5,8,14,20H,6-7H2,1-3H3,(H,17,26). The zero-order chi connectivity index (χ0) is 19.4. The topological polar surface area (TPSA) is 114 Å². The van der Waals surface area contributed by atoms with E-state index in [2.05, 4.69) is 5.32 Å². The number of nitrogens with zero attached hydrogens (tertiary/aromatic N) is 2. The fourth-order valence-electron chi connectivity index (χ4n) is 2.51. The van der Waals surface area contributed by atoms with Gasteiger partial charge in [-0.1, -0.05) is 6.07 Å². The molecule has 2 rings (SSSR count). The third-order valence-corrected chi connectivity index (χ3v) is 4.42. The maximum absolute atomic E-state index is 12.6. The van der Waals surface area contributed by atoms with Gasteiger partial charge >= 0.3 is 11.7 Å². The SMILES string of the molecule is COCCOC(=O)C1=C(C)N(C)C(=S)NC1c1ccc(O)c([N+](=O)[O-])c1. The van der Waals surface area contributed by atoms with Crippen LogP contribution in [-0.2, 0) is 14.3 Å². The molecule has 0 saturated carbocycles. The van der Waals surface area contributed by atoms with E-state index >= 15 is 0 Å². The molecule has 0 saturated heterocycles. The lowest BCUT2D eigenvalue weighted by Gasteiger charge is -2.35. The predicted octanol–water partition coefficient (Wildman–Crippen LogP) is 1.62. The summed E-state index contributed by atoms with van der Waals surface area (Å²) in [6.45, 7) is 2.03. The summed E-state index contributed by atoms with van der Waals surface area (Å²) in [5.41, 5.74) is 0.788. The average molecular weight is 381 g/mol. The van der Waals surface area contributed by atoms with Crippen LogP contribution in [0, 0.1) is 10.1 Å². The number of nitro groups is 1. The molecule has 0 bridgehead atoms. The number of carbonyl (C=O) groups excluding carboxylic acids is 1. The van der Waals surface area contributed by atoms with Gasteiger partial charge in [-0.2, -0.15) is 0 Å². The summed E-state index contributed by atoms with van der Waals surface area (Å²) in [4.78, 5) is 24.6. The molecule has 1 heterocycles. The van der Waals surface area contributed by atoms with Gasteiger partial charge in [-0.15, -0.1) is 0 Å². The second-order valence-electron chi connectivity index (χ2n) is 5.57. The van der Waals surface area contributed by atoms with Crippen molar-refractivity contribution in [2.24, 2.45) is 0 Å². The fourth-order valence-corrected chi connectivity index (χ4v) is 2.77. The maximum Gasteiger partial charge on any atom is 0.338 e. The lowest BCUT2D eigenvalue weighted by atomic mass is 9.94. The first-order chi connectivity index (χ1) is 12.3. The zero-order valence-electron chi connectivity index (χ0n) is 14.5. The van der Waals surface area contributed by atoms with Crippen molar-refractivity contribution in [3.8, 4) is 5.75 Å². The molecule has 9 nitrogen and oxygen atoms in total. The zero-order valence-corrected chi connectivity index (χ0v) is 15.3. The Hall–Kier alpha value is -2.72. The van der Waals surface area contributed by atoms with Crippen LogP contribution in [-0.4, -0.2) is 53.4 Å². The van der Waals surface area contributed by atoms with E-state index < -0.39 is 28.4 Å². The Kier molecular flexibility index (Phi) is 6.11. The largest absolute Gasteiger partial charge is 0.502 e. The summed E-state index contributed by atoms with van der Waals surface area (Å²) in [6, 6.07) is 3.16. The summed E-state index contributed by atoms with van der Waals surface area (Å²) in [5.74, 6) is -1.04. The minimum Gasteiger partial charge on any atom is -0.502 e. The number of nitro benzene ring substituents is 1. The summed E-state index contributed by atoms with van der Waals surface area (Å²) in [7, 11) is 3.19. The van der Waals surface area contributed by atoms with Gasteiger partial charge in [-0.3, -0.25) is 10.1 Å². The first-order valence-corrected chi connectivity index (χ1v) is 8.07. The lowest BCUT2D eigenvalue weighted by molar-refractivity contribution is -0.385. The number of phenols is 1. The van der Waals surface area contributed by atoms with E-state index in [9.17, 15) is 20.0 Å². The molecule has 0 amide bonds. The number of hydrogen-bond donors (Lipinski definition) is 2. The first-order valence-electron chi connectivity index (χ1n) is 7.66. The number of rotatable bonds is 6. The molecule has 140 valence electrons. The number of methoxy groups -OCH3 is 1. The number of hydrogen-bond acceptors (Lipinski definition) is 7. The Morgan fingerprint density at radius 1 is 1.46 bits per heavy atom. The highest BCUT2D eigenvalue weighted by Crippen LogP contribution is 2.35. The van der Waals surface area contributed by atoms with Crippen LogP contribution in [0.1, 0.15) is 18.5 Å². The van der Waals surface area contributed by atoms with Crippen LogP contribution in [0.4, 0.5) is 5.69 Å². The van der Waals surface area contributed by atoms with Crippen LogP contribution in [0.15, 0.2) is 29.5 Å². The monoisotopic (exact) mass is 381 g/mol. The molecule has 0 fully saturated rings. The number of esters is 1. The molecular formula is C16H19N3O6S. The van der Waals surface area contributed by atoms with Crippen molar-refractivity contribution < 1.29 is 24.3 Å². The third kappa shape index (κ3) is 3.92. The molecule has 1 aliphatic rings. The molecule has 1 aliphatic heterocycles. The van der Waals surface area contributed by atoms with Crippen molar-refractivity contribution in [3.05, 3.63) is 45.1 Å². The van der Waals surface area contributed by atoms with Crippen molar-refractivity contribution in [2.75, 3.05) is 27.4 Å². The van der Waals surface area contributed by atoms with Gasteiger partial charge in [0.2, 0.25) is 0 Å². The minimum atomic E-state index is -0.743. The number of carbonyl (C=O) groups is 1. The molecular weight excluding hydrogens is 362 g/mol. The van der Waals surface area contributed by atoms with Gasteiger partial charge in [0.1, 0.15) is 6.61 Å². The predicted molar refractivity (Wildman–Crippen MR) is 96.5 cm³/mol. The molecule has 0 aromatic heterocycles. The molecule has 1 aromatic rings. The summed E-state index contributed by atoms with van der Waals surface area (Å²) >= 11 is 5.26. The normalized spacial score (nSPS) is 17.1. The Bertz CT molecular complexity index is 779. The smallest absolute Gasteiger partial charge is 0.338 e. The quantitative estimate of drug-likeness (QED) is 0.249. The molecule has 1 unspecified atom stereocenters. The molecule has 2 N–H and O–H groups in total. The molecule has 1 atom stereocenters. The second kappa shape index (κ2) is 8.11. The highest BCUT2D eigenvalue weighted by atomic mass is 32.1. The molecule has 26 heavy (non-hydrogen) atoms. The van der Waals surface area contributed by atoms with Crippen LogP contribution in [0.2, 0.25) is 0 Å². The Labute approximate surface area is 155 Å². The number of allylic oxidation sites excluding steroid dienone is 1. The van der Waals surface area contributed by atoms with Crippen LogP contribution >= 0.6 is 12.2 Å². The van der Waals surface area contributed by atoms with Crippen LogP contribution < -0.4 is 5.32 Å². The Morgan fingerprint density at radius 3 is 2.77 bits per heavy atom. The van der Waals surface area contributed by atoms with Gasteiger partial charge in [0, 0.05) is 25.9 Å². The molecule has 0 aliphatic carbocycles. The molecule has 1 aromatic carbocycles. The maximum atomic E-state index is 12.6. The van der Waals surface area contributed by atoms with E-state index in [0.717, 1.165) is 0 Å². The summed E-state index contributed by atoms with van der Waals surface area (Å²) in [5, 5.41) is 24.1. The number of aromatic hydroxyl groups is 1. The van der Waals surface area contributed by atoms with Crippen molar-refractivity contribution >= 4 is 29.0 Å². The van der Waals surface area contributed by atoms with E-state index in [-0.39, 0.29) is 18.8 Å². The first kappa shape index (κ1) is 19.6. The average Bonchev–Trinajstić information content (AvgIpc) is 2.59. The van der Waals surface area contributed by atoms with Crippen molar-refractivity contribution in [2.45, 2.75) is 13.0 Å². The minimum absolute atomic E-state index is 0.0721. The Balaban J connectivity index is 2.47. The van der Waals surface area contributed by atoms with Gasteiger partial charge in [0.15, 0.2) is 10.9 Å².